The average Bonchev–Trinajstić information content (AvgIpc) is 2.99. The molecule has 6 nitrogen and oxygen atoms in total. The maximum Gasteiger partial charge on any atom is 0.271 e. The first-order valence-electron chi connectivity index (χ1n) is 7.48. The van der Waals surface area contributed by atoms with Gasteiger partial charge in [0.2, 0.25) is 0 Å². The minimum atomic E-state index is -0.0803. The van der Waals surface area contributed by atoms with Crippen LogP contribution in [0.15, 0.2) is 36.5 Å². The van der Waals surface area contributed by atoms with Gasteiger partial charge < -0.3 is 9.80 Å². The highest BCUT2D eigenvalue weighted by Crippen LogP contribution is 2.14. The molecule has 0 radical (unpaired) electrons. The largest absolute Gasteiger partial charge is 0.337 e. The van der Waals surface area contributed by atoms with Crippen molar-refractivity contribution >= 4 is 23.4 Å². The van der Waals surface area contributed by atoms with Crippen LogP contribution in [0.5, 0.6) is 0 Å². The number of rotatable bonds is 2. The molecule has 0 spiro atoms. The summed E-state index contributed by atoms with van der Waals surface area (Å²) in [6.45, 7) is 2.29. The zero-order chi connectivity index (χ0) is 16.2. The van der Waals surface area contributed by atoms with Crippen molar-refractivity contribution < 1.29 is 9.59 Å². The number of carbonyl (C=O) groups excluding carboxylic acids is 2. The van der Waals surface area contributed by atoms with E-state index >= 15 is 0 Å². The smallest absolute Gasteiger partial charge is 0.271 e. The van der Waals surface area contributed by atoms with Gasteiger partial charge in [-0.25, -0.2) is 0 Å². The SMILES string of the molecule is O=C(c1ccc(Cl)cc1)N1CCCN(C(=O)c2ccn[nH]2)CC1. The summed E-state index contributed by atoms with van der Waals surface area (Å²) in [7, 11) is 0. The van der Waals surface area contributed by atoms with Crippen LogP contribution in [-0.2, 0) is 0 Å². The molecule has 1 aromatic heterocycles. The minimum absolute atomic E-state index is 0.0301. The number of nitrogens with zero attached hydrogens (tertiary/aromatic N) is 3. The molecule has 2 aromatic rings. The summed E-state index contributed by atoms with van der Waals surface area (Å²) < 4.78 is 0. The molecular weight excluding hydrogens is 316 g/mol. The zero-order valence-corrected chi connectivity index (χ0v) is 13.3. The van der Waals surface area contributed by atoms with Crippen LogP contribution >= 0.6 is 11.6 Å². The third-order valence-corrected chi connectivity index (χ3v) is 4.14. The van der Waals surface area contributed by atoms with Gasteiger partial charge >= 0.3 is 0 Å². The van der Waals surface area contributed by atoms with E-state index in [2.05, 4.69) is 10.2 Å². The molecule has 0 aliphatic carbocycles. The van der Waals surface area contributed by atoms with E-state index in [4.69, 9.17) is 11.6 Å². The molecule has 7 heteroatoms. The second kappa shape index (κ2) is 6.83. The molecule has 0 saturated carbocycles. The molecule has 1 aliphatic rings. The van der Waals surface area contributed by atoms with E-state index in [0.717, 1.165) is 6.42 Å². The van der Waals surface area contributed by atoms with Crippen molar-refractivity contribution in [2.24, 2.45) is 0 Å². The zero-order valence-electron chi connectivity index (χ0n) is 12.5. The lowest BCUT2D eigenvalue weighted by atomic mass is 10.2. The normalized spacial score (nSPS) is 15.3. The molecule has 1 saturated heterocycles. The van der Waals surface area contributed by atoms with Crippen molar-refractivity contribution in [1.29, 1.82) is 0 Å². The van der Waals surface area contributed by atoms with Crippen LogP contribution < -0.4 is 0 Å². The average molecular weight is 333 g/mol. The first kappa shape index (κ1) is 15.6. The maximum atomic E-state index is 12.5. The van der Waals surface area contributed by atoms with Crippen LogP contribution in [0.25, 0.3) is 0 Å². The van der Waals surface area contributed by atoms with Crippen LogP contribution in [0.3, 0.4) is 0 Å². The van der Waals surface area contributed by atoms with Gasteiger partial charge in [-0.2, -0.15) is 5.10 Å². The Balaban J connectivity index is 1.65. The fourth-order valence-corrected chi connectivity index (χ4v) is 2.77. The summed E-state index contributed by atoms with van der Waals surface area (Å²) in [5.74, 6) is -0.110. The minimum Gasteiger partial charge on any atom is -0.337 e. The highest BCUT2D eigenvalue weighted by atomic mass is 35.5. The number of amides is 2. The second-order valence-corrected chi connectivity index (χ2v) is 5.85. The Bertz CT molecular complexity index is 685. The van der Waals surface area contributed by atoms with E-state index in [1.165, 1.54) is 0 Å². The summed E-state index contributed by atoms with van der Waals surface area (Å²) in [4.78, 5) is 28.4. The van der Waals surface area contributed by atoms with Crippen molar-refractivity contribution in [1.82, 2.24) is 20.0 Å². The molecule has 120 valence electrons. The summed E-state index contributed by atoms with van der Waals surface area (Å²) >= 11 is 5.85. The Kier molecular flexibility index (Phi) is 4.62. The molecule has 2 heterocycles. The molecule has 1 fully saturated rings. The quantitative estimate of drug-likeness (QED) is 0.915. The second-order valence-electron chi connectivity index (χ2n) is 5.42. The van der Waals surface area contributed by atoms with E-state index in [9.17, 15) is 9.59 Å². The molecule has 0 bridgehead atoms. The highest BCUT2D eigenvalue weighted by Gasteiger charge is 2.24. The number of benzene rings is 1. The molecule has 3 rings (SSSR count). The van der Waals surface area contributed by atoms with Crippen LogP contribution in [0.2, 0.25) is 5.02 Å². The summed E-state index contributed by atoms with van der Waals surface area (Å²) in [6, 6.07) is 8.53. The lowest BCUT2D eigenvalue weighted by molar-refractivity contribution is 0.0715. The molecule has 1 N–H and O–H groups in total. The van der Waals surface area contributed by atoms with Crippen molar-refractivity contribution in [3.8, 4) is 0 Å². The van der Waals surface area contributed by atoms with E-state index in [1.54, 1.807) is 46.3 Å². The first-order chi connectivity index (χ1) is 11.1. The lowest BCUT2D eigenvalue weighted by Crippen LogP contribution is -2.37. The predicted octanol–water partition coefficient (Wildman–Crippen LogP) is 2.05. The van der Waals surface area contributed by atoms with Crippen molar-refractivity contribution in [2.45, 2.75) is 6.42 Å². The molecule has 2 amide bonds. The van der Waals surface area contributed by atoms with Crippen LogP contribution in [0.4, 0.5) is 0 Å². The Morgan fingerprint density at radius 3 is 2.22 bits per heavy atom. The molecule has 1 aliphatic heterocycles. The van der Waals surface area contributed by atoms with Gasteiger partial charge in [-0.05, 0) is 36.8 Å². The number of H-pyrrole nitrogens is 1. The highest BCUT2D eigenvalue weighted by molar-refractivity contribution is 6.30. The van der Waals surface area contributed by atoms with Gasteiger partial charge in [-0.15, -0.1) is 0 Å². The monoisotopic (exact) mass is 332 g/mol. The Hall–Kier alpha value is -2.34. The Labute approximate surface area is 139 Å². The van der Waals surface area contributed by atoms with Gasteiger partial charge in [0.1, 0.15) is 5.69 Å². The molecule has 0 unspecified atom stereocenters. The van der Waals surface area contributed by atoms with Crippen molar-refractivity contribution in [2.75, 3.05) is 26.2 Å². The van der Waals surface area contributed by atoms with Gasteiger partial charge in [0.25, 0.3) is 11.8 Å². The van der Waals surface area contributed by atoms with Crippen molar-refractivity contribution in [3.05, 3.63) is 52.8 Å². The van der Waals surface area contributed by atoms with E-state index in [1.807, 2.05) is 0 Å². The van der Waals surface area contributed by atoms with Crippen LogP contribution in [0, 0.1) is 0 Å². The lowest BCUT2D eigenvalue weighted by Gasteiger charge is -2.22. The molecule has 1 aromatic carbocycles. The number of halogens is 1. The number of carbonyl (C=O) groups is 2. The van der Waals surface area contributed by atoms with Crippen molar-refractivity contribution in [3.63, 3.8) is 0 Å². The third kappa shape index (κ3) is 3.53. The first-order valence-corrected chi connectivity index (χ1v) is 7.86. The predicted molar refractivity (Wildman–Crippen MR) is 86.5 cm³/mol. The maximum absolute atomic E-state index is 12.5. The van der Waals surface area contributed by atoms with Gasteiger partial charge in [0.05, 0.1) is 0 Å². The Morgan fingerprint density at radius 2 is 1.61 bits per heavy atom. The number of hydrogen-bond donors (Lipinski definition) is 1. The fourth-order valence-electron chi connectivity index (χ4n) is 2.64. The summed E-state index contributed by atoms with van der Waals surface area (Å²) in [5.41, 5.74) is 1.09. The van der Waals surface area contributed by atoms with E-state index < -0.39 is 0 Å². The number of nitrogens with one attached hydrogen (secondary N) is 1. The van der Waals surface area contributed by atoms with Gasteiger partial charge in [-0.1, -0.05) is 11.6 Å². The standard InChI is InChI=1S/C16H17ClN4O2/c17-13-4-2-12(3-5-13)15(22)20-8-1-9-21(11-10-20)16(23)14-6-7-18-19-14/h2-7H,1,8-11H2,(H,18,19). The third-order valence-electron chi connectivity index (χ3n) is 3.89. The number of aromatic nitrogens is 2. The molecule has 23 heavy (non-hydrogen) atoms. The number of hydrogen-bond acceptors (Lipinski definition) is 3. The summed E-state index contributed by atoms with van der Waals surface area (Å²) in [5, 5.41) is 7.09. The Morgan fingerprint density at radius 1 is 0.957 bits per heavy atom. The molecular formula is C16H17ClN4O2. The van der Waals surface area contributed by atoms with Gasteiger partial charge in [-0.3, -0.25) is 14.7 Å². The van der Waals surface area contributed by atoms with E-state index in [0.29, 0.717) is 42.5 Å². The van der Waals surface area contributed by atoms with Gasteiger partial charge in [0, 0.05) is 43.0 Å². The topological polar surface area (TPSA) is 69.3 Å². The molecule has 0 atom stereocenters. The van der Waals surface area contributed by atoms with Crippen LogP contribution in [0.1, 0.15) is 27.3 Å². The van der Waals surface area contributed by atoms with E-state index in [-0.39, 0.29) is 11.8 Å². The number of aromatic amines is 1. The van der Waals surface area contributed by atoms with Gasteiger partial charge in [0.15, 0.2) is 0 Å². The summed E-state index contributed by atoms with van der Waals surface area (Å²) in [6.07, 6.45) is 2.31. The van der Waals surface area contributed by atoms with Crippen LogP contribution in [-0.4, -0.2) is 58.0 Å². The fraction of sp³-hybridized carbons (Fsp3) is 0.312.